The van der Waals surface area contributed by atoms with Crippen LogP contribution >= 0.6 is 0 Å². The topological polar surface area (TPSA) is 101 Å². The van der Waals surface area contributed by atoms with E-state index in [4.69, 9.17) is 10.2 Å². The molecule has 0 aliphatic heterocycles. The molecule has 0 rings (SSSR count). The predicted molar refractivity (Wildman–Crippen MR) is 83.5 cm³/mol. The number of aliphatic carboxylic acids is 2. The molecular formula is C16H24O6. The summed E-state index contributed by atoms with van der Waals surface area (Å²) in [7, 11) is 1.25. The first kappa shape index (κ1) is 21.9. The van der Waals surface area contributed by atoms with Crippen molar-refractivity contribution < 1.29 is 29.3 Å². The highest BCUT2D eigenvalue weighted by Crippen LogP contribution is 2.05. The number of ether oxygens (including phenoxy) is 1. The molecular weight excluding hydrogens is 288 g/mol. The van der Waals surface area contributed by atoms with Gasteiger partial charge < -0.3 is 14.9 Å². The third kappa shape index (κ3) is 11.5. The van der Waals surface area contributed by atoms with Crippen LogP contribution in [-0.2, 0) is 19.1 Å². The van der Waals surface area contributed by atoms with Gasteiger partial charge in [0.15, 0.2) is 0 Å². The molecule has 0 aromatic heterocycles. The van der Waals surface area contributed by atoms with E-state index in [1.807, 2.05) is 6.92 Å². The molecule has 0 aromatic rings. The predicted octanol–water partition coefficient (Wildman–Crippen LogP) is 2.95. The Morgan fingerprint density at radius 3 is 2.00 bits per heavy atom. The second kappa shape index (κ2) is 12.4. The van der Waals surface area contributed by atoms with Crippen LogP contribution in [-0.4, -0.2) is 35.2 Å². The number of allylic oxidation sites excluding steroid dienone is 1. The van der Waals surface area contributed by atoms with Crippen LogP contribution in [0.1, 0.15) is 39.5 Å². The second-order valence-corrected chi connectivity index (χ2v) is 4.50. The van der Waals surface area contributed by atoms with Crippen molar-refractivity contribution in [3.63, 3.8) is 0 Å². The van der Waals surface area contributed by atoms with Gasteiger partial charge in [0.05, 0.1) is 7.11 Å². The van der Waals surface area contributed by atoms with Crippen molar-refractivity contribution in [3.05, 3.63) is 36.0 Å². The number of carboxylic acid groups (broad SMARTS) is 2. The first-order valence-electron chi connectivity index (χ1n) is 6.74. The van der Waals surface area contributed by atoms with Gasteiger partial charge in [-0.25, -0.2) is 14.4 Å². The molecule has 0 bridgehead atoms. The van der Waals surface area contributed by atoms with E-state index >= 15 is 0 Å². The Labute approximate surface area is 130 Å². The zero-order chi connectivity index (χ0) is 17.7. The molecule has 0 heterocycles. The molecule has 124 valence electrons. The molecule has 0 atom stereocenters. The van der Waals surface area contributed by atoms with E-state index < -0.39 is 17.9 Å². The largest absolute Gasteiger partial charge is 0.478 e. The Bertz CT molecular complexity index is 459. The van der Waals surface area contributed by atoms with Crippen LogP contribution in [0, 0.1) is 0 Å². The maximum Gasteiger partial charge on any atom is 0.333 e. The van der Waals surface area contributed by atoms with Gasteiger partial charge in [-0.05, 0) is 26.2 Å². The zero-order valence-electron chi connectivity index (χ0n) is 13.3. The molecule has 0 spiro atoms. The molecule has 0 amide bonds. The number of methoxy groups -OCH3 is 1. The van der Waals surface area contributed by atoms with Crippen LogP contribution in [0.4, 0.5) is 0 Å². The molecule has 22 heavy (non-hydrogen) atoms. The van der Waals surface area contributed by atoms with Gasteiger partial charge in [0.2, 0.25) is 0 Å². The van der Waals surface area contributed by atoms with Crippen LogP contribution in [0.5, 0.6) is 0 Å². The van der Waals surface area contributed by atoms with E-state index in [0.717, 1.165) is 12.8 Å². The Morgan fingerprint density at radius 2 is 1.64 bits per heavy atom. The Hall–Kier alpha value is -2.37. The lowest BCUT2D eigenvalue weighted by atomic mass is 10.1. The first-order chi connectivity index (χ1) is 10.2. The number of esters is 1. The minimum atomic E-state index is -1.00. The number of hydrogen-bond donors (Lipinski definition) is 2. The van der Waals surface area contributed by atoms with Gasteiger partial charge in [-0.2, -0.15) is 0 Å². The maximum atomic E-state index is 10.8. The lowest BCUT2D eigenvalue weighted by Crippen LogP contribution is -2.03. The molecule has 0 aromatic carbocycles. The van der Waals surface area contributed by atoms with Crippen molar-refractivity contribution in [2.75, 3.05) is 7.11 Å². The second-order valence-electron chi connectivity index (χ2n) is 4.50. The summed E-state index contributed by atoms with van der Waals surface area (Å²) in [4.78, 5) is 31.2. The standard InChI is InChI=1S/C9H12O4.C7H12O2/c1-6(8(10)11)4-5-7(2)9(12)13-3;1-3-4-5-6(2)7(8)9/h4H,2,5H2,1,3H3,(H,10,11);2-5H2,1H3,(H,8,9). The van der Waals surface area contributed by atoms with Gasteiger partial charge in [-0.3, -0.25) is 0 Å². The van der Waals surface area contributed by atoms with E-state index in [0.29, 0.717) is 12.0 Å². The summed E-state index contributed by atoms with van der Waals surface area (Å²) in [5.41, 5.74) is 0.741. The first-order valence-corrected chi connectivity index (χ1v) is 6.74. The fourth-order valence-electron chi connectivity index (χ4n) is 1.09. The zero-order valence-corrected chi connectivity index (χ0v) is 13.3. The average molecular weight is 312 g/mol. The van der Waals surface area contributed by atoms with Crippen LogP contribution < -0.4 is 0 Å². The summed E-state index contributed by atoms with van der Waals surface area (Å²) in [5, 5.41) is 16.8. The van der Waals surface area contributed by atoms with E-state index in [9.17, 15) is 14.4 Å². The number of carbonyl (C=O) groups is 3. The monoisotopic (exact) mass is 312 g/mol. The molecule has 0 radical (unpaired) electrons. The van der Waals surface area contributed by atoms with E-state index in [1.165, 1.54) is 20.1 Å². The Kier molecular flexibility index (Phi) is 12.3. The van der Waals surface area contributed by atoms with Gasteiger partial charge in [0.1, 0.15) is 0 Å². The highest BCUT2D eigenvalue weighted by atomic mass is 16.5. The van der Waals surface area contributed by atoms with Gasteiger partial charge in [-0.15, -0.1) is 0 Å². The van der Waals surface area contributed by atoms with Gasteiger partial charge in [-0.1, -0.05) is 32.6 Å². The van der Waals surface area contributed by atoms with Gasteiger partial charge >= 0.3 is 17.9 Å². The maximum absolute atomic E-state index is 10.8. The molecule has 6 heteroatoms. The van der Waals surface area contributed by atoms with E-state index in [2.05, 4.69) is 17.9 Å². The lowest BCUT2D eigenvalue weighted by Gasteiger charge is -1.99. The van der Waals surface area contributed by atoms with Crippen molar-refractivity contribution in [3.8, 4) is 0 Å². The quantitative estimate of drug-likeness (QED) is 0.528. The fraction of sp³-hybridized carbons (Fsp3) is 0.438. The van der Waals surface area contributed by atoms with Crippen molar-refractivity contribution in [2.45, 2.75) is 39.5 Å². The molecule has 0 saturated carbocycles. The third-order valence-corrected chi connectivity index (χ3v) is 2.60. The highest BCUT2D eigenvalue weighted by Gasteiger charge is 2.05. The van der Waals surface area contributed by atoms with Crippen molar-refractivity contribution >= 4 is 17.9 Å². The number of rotatable bonds is 8. The van der Waals surface area contributed by atoms with Crippen LogP contribution in [0.2, 0.25) is 0 Å². The van der Waals surface area contributed by atoms with Crippen molar-refractivity contribution in [1.82, 2.24) is 0 Å². The molecule has 0 aliphatic rings. The molecule has 6 nitrogen and oxygen atoms in total. The van der Waals surface area contributed by atoms with Crippen LogP contribution in [0.25, 0.3) is 0 Å². The summed E-state index contributed by atoms with van der Waals surface area (Å²) in [5.74, 6) is -2.39. The van der Waals surface area contributed by atoms with Crippen molar-refractivity contribution in [2.24, 2.45) is 0 Å². The number of unbranched alkanes of at least 4 members (excludes halogenated alkanes) is 1. The Morgan fingerprint density at radius 1 is 1.09 bits per heavy atom. The fourth-order valence-corrected chi connectivity index (χ4v) is 1.09. The average Bonchev–Trinajstić information content (AvgIpc) is 2.49. The van der Waals surface area contributed by atoms with E-state index in [-0.39, 0.29) is 17.6 Å². The smallest absolute Gasteiger partial charge is 0.333 e. The Balaban J connectivity index is 0. The highest BCUT2D eigenvalue weighted by molar-refractivity contribution is 5.89. The summed E-state index contributed by atoms with van der Waals surface area (Å²) in [6, 6.07) is 0. The van der Waals surface area contributed by atoms with Gasteiger partial charge in [0, 0.05) is 16.7 Å². The summed E-state index contributed by atoms with van der Waals surface area (Å²) < 4.78 is 4.39. The number of carboxylic acids is 2. The summed E-state index contributed by atoms with van der Waals surface area (Å²) in [6.07, 6.45) is 4.18. The molecule has 0 aliphatic carbocycles. The van der Waals surface area contributed by atoms with Crippen molar-refractivity contribution in [1.29, 1.82) is 0 Å². The van der Waals surface area contributed by atoms with Gasteiger partial charge in [0.25, 0.3) is 0 Å². The minimum Gasteiger partial charge on any atom is -0.478 e. The minimum absolute atomic E-state index is 0.185. The summed E-state index contributed by atoms with van der Waals surface area (Å²) in [6.45, 7) is 10.3. The molecule has 0 fully saturated rings. The third-order valence-electron chi connectivity index (χ3n) is 2.60. The number of carbonyl (C=O) groups excluding carboxylic acids is 1. The normalized spacial score (nSPS) is 10.0. The molecule has 0 saturated heterocycles. The molecule has 0 unspecified atom stereocenters. The van der Waals surface area contributed by atoms with E-state index in [1.54, 1.807) is 0 Å². The van der Waals surface area contributed by atoms with Crippen LogP contribution in [0.15, 0.2) is 36.0 Å². The SMILES string of the molecule is C=C(CC=C(C)C(=O)O)C(=O)OC.C=C(CCCC)C(=O)O. The van der Waals surface area contributed by atoms with Crippen LogP contribution in [0.3, 0.4) is 0 Å². The number of hydrogen-bond acceptors (Lipinski definition) is 4. The summed E-state index contributed by atoms with van der Waals surface area (Å²) >= 11 is 0. The molecule has 2 N–H and O–H groups in total. The lowest BCUT2D eigenvalue weighted by molar-refractivity contribution is -0.136.